The number of ether oxygens (including phenoxy) is 2. The van der Waals surface area contributed by atoms with Crippen molar-refractivity contribution in [2.75, 3.05) is 20.7 Å². The normalized spacial score (nSPS) is 24.2. The molecule has 3 aromatic rings. The molecule has 0 radical (unpaired) electrons. The molecule has 2 heterocycles. The molecule has 1 saturated carbocycles. The molecule has 1 saturated heterocycles. The molecule has 240 valence electrons. The van der Waals surface area contributed by atoms with Gasteiger partial charge >= 0.3 is 0 Å². The quantitative estimate of drug-likeness (QED) is 0.139. The molecule has 6 atom stereocenters. The number of rotatable bonds is 12. The third-order valence-corrected chi connectivity index (χ3v) is 9.88. The number of fused-ring (bicyclic) bond motifs is 1. The van der Waals surface area contributed by atoms with E-state index in [1.807, 2.05) is 31.6 Å². The van der Waals surface area contributed by atoms with E-state index in [0.29, 0.717) is 42.1 Å². The van der Waals surface area contributed by atoms with Crippen molar-refractivity contribution in [2.24, 2.45) is 11.8 Å². The molecule has 0 amide bonds. The Hall–Kier alpha value is -3.24. The van der Waals surface area contributed by atoms with Crippen LogP contribution in [0.1, 0.15) is 90.9 Å². The van der Waals surface area contributed by atoms with E-state index in [2.05, 4.69) is 23.3 Å². The van der Waals surface area contributed by atoms with Gasteiger partial charge in [-0.05, 0) is 98.3 Å². The summed E-state index contributed by atoms with van der Waals surface area (Å²) in [5.41, 5.74) is 4.43. The highest BCUT2D eigenvalue weighted by molar-refractivity contribution is 5.64. The summed E-state index contributed by atoms with van der Waals surface area (Å²) in [6.45, 7) is 2.72. The summed E-state index contributed by atoms with van der Waals surface area (Å²) in [5, 5.41) is 57.3. The first-order chi connectivity index (χ1) is 21.2. The number of aromatic hydroxyl groups is 3. The lowest BCUT2D eigenvalue weighted by Crippen LogP contribution is -2.44. The Labute approximate surface area is 259 Å². The number of phenolic OH excluding ortho intramolecular Hbond substituents is 2. The average molecular weight is 609 g/mol. The summed E-state index contributed by atoms with van der Waals surface area (Å²) in [6.07, 6.45) is 8.22. The van der Waals surface area contributed by atoms with Crippen molar-refractivity contribution in [1.29, 1.82) is 0 Å². The van der Waals surface area contributed by atoms with Crippen LogP contribution in [0.4, 0.5) is 0 Å². The Morgan fingerprint density at radius 2 is 1.89 bits per heavy atom. The van der Waals surface area contributed by atoms with Crippen molar-refractivity contribution >= 4 is 0 Å². The van der Waals surface area contributed by atoms with Gasteiger partial charge in [0.25, 0.3) is 0 Å². The number of hydrogen-bond acceptors (Lipinski definition) is 8. The van der Waals surface area contributed by atoms with Gasteiger partial charge < -0.3 is 45.3 Å². The number of aliphatic hydroxyl groups excluding tert-OH is 2. The molecule has 0 unspecified atom stereocenters. The van der Waals surface area contributed by atoms with E-state index in [-0.39, 0.29) is 29.3 Å². The molecular weight excluding hydrogens is 560 g/mol. The number of aromatic amines is 1. The number of hydrogen-bond donors (Lipinski definition) is 7. The van der Waals surface area contributed by atoms with Crippen LogP contribution >= 0.6 is 0 Å². The number of benzene rings is 2. The zero-order valence-corrected chi connectivity index (χ0v) is 26.1. The number of aliphatic hydroxyl groups is 2. The predicted molar refractivity (Wildman–Crippen MR) is 168 cm³/mol. The van der Waals surface area contributed by atoms with Crippen LogP contribution in [0, 0.1) is 11.8 Å². The maximum absolute atomic E-state index is 11.4. The molecule has 2 aliphatic rings. The van der Waals surface area contributed by atoms with Gasteiger partial charge in [-0.1, -0.05) is 19.1 Å². The number of aromatic nitrogens is 1. The van der Waals surface area contributed by atoms with Gasteiger partial charge in [0.05, 0.1) is 32.0 Å². The number of methoxy groups -OCH3 is 1. The fourth-order valence-corrected chi connectivity index (χ4v) is 7.34. The third kappa shape index (κ3) is 6.71. The molecule has 1 aromatic heterocycles. The van der Waals surface area contributed by atoms with Gasteiger partial charge in [0.15, 0.2) is 11.5 Å². The van der Waals surface area contributed by atoms with Crippen LogP contribution < -0.4 is 10.1 Å². The first-order valence-electron chi connectivity index (χ1n) is 15.9. The van der Waals surface area contributed by atoms with Crippen molar-refractivity contribution in [3.63, 3.8) is 0 Å². The van der Waals surface area contributed by atoms with Crippen molar-refractivity contribution in [1.82, 2.24) is 10.3 Å². The van der Waals surface area contributed by atoms with Crippen LogP contribution in [0.5, 0.6) is 23.0 Å². The Morgan fingerprint density at radius 3 is 2.59 bits per heavy atom. The van der Waals surface area contributed by atoms with Crippen molar-refractivity contribution in [2.45, 2.75) is 89.1 Å². The van der Waals surface area contributed by atoms with Gasteiger partial charge in [-0.3, -0.25) is 0 Å². The Kier molecular flexibility index (Phi) is 10.4. The van der Waals surface area contributed by atoms with Crippen LogP contribution in [0.25, 0.3) is 0 Å². The Morgan fingerprint density at radius 1 is 1.07 bits per heavy atom. The monoisotopic (exact) mass is 608 g/mol. The number of aryl methyl sites for hydroxylation is 1. The number of nitrogens with one attached hydrogen (secondary N) is 2. The topological polar surface area (TPSA) is 147 Å². The van der Waals surface area contributed by atoms with E-state index in [9.17, 15) is 25.5 Å². The summed E-state index contributed by atoms with van der Waals surface area (Å²) in [4.78, 5) is 3.04. The highest BCUT2D eigenvalue weighted by Crippen LogP contribution is 2.52. The minimum Gasteiger partial charge on any atom is -0.508 e. The molecule has 9 nitrogen and oxygen atoms in total. The van der Waals surface area contributed by atoms with Crippen molar-refractivity contribution in [3.8, 4) is 23.0 Å². The second kappa shape index (κ2) is 14.2. The summed E-state index contributed by atoms with van der Waals surface area (Å²) < 4.78 is 12.4. The number of H-pyrrole nitrogens is 1. The van der Waals surface area contributed by atoms with Gasteiger partial charge in [0, 0.05) is 42.3 Å². The minimum absolute atomic E-state index is 0.0228. The molecule has 2 fully saturated rings. The van der Waals surface area contributed by atoms with Crippen LogP contribution in [-0.2, 0) is 24.2 Å². The second-order valence-electron chi connectivity index (χ2n) is 12.7. The van der Waals surface area contributed by atoms with E-state index < -0.39 is 30.3 Å². The zero-order chi connectivity index (χ0) is 31.4. The van der Waals surface area contributed by atoms with Crippen LogP contribution in [0.15, 0.2) is 36.7 Å². The molecule has 0 bridgehead atoms. The molecule has 9 heteroatoms. The molecule has 2 aromatic carbocycles. The summed E-state index contributed by atoms with van der Waals surface area (Å²) in [5.74, 6) is 0.356. The van der Waals surface area contributed by atoms with Crippen LogP contribution in [-0.4, -0.2) is 63.4 Å². The summed E-state index contributed by atoms with van der Waals surface area (Å²) >= 11 is 0. The second-order valence-corrected chi connectivity index (χ2v) is 12.7. The molecule has 7 N–H and O–H groups in total. The van der Waals surface area contributed by atoms with Gasteiger partial charge in [-0.2, -0.15) is 0 Å². The largest absolute Gasteiger partial charge is 0.508 e. The van der Waals surface area contributed by atoms with E-state index in [1.54, 1.807) is 6.07 Å². The third-order valence-electron chi connectivity index (χ3n) is 9.88. The summed E-state index contributed by atoms with van der Waals surface area (Å²) in [6, 6.07) is 7.87. The fraction of sp³-hybridized carbons (Fsp3) is 0.543. The van der Waals surface area contributed by atoms with Crippen molar-refractivity contribution < 1.29 is 35.0 Å². The molecule has 44 heavy (non-hydrogen) atoms. The molecular formula is C35H48N2O7. The fourth-order valence-electron chi connectivity index (χ4n) is 7.34. The summed E-state index contributed by atoms with van der Waals surface area (Å²) in [7, 11) is 3.40. The lowest BCUT2D eigenvalue weighted by atomic mass is 9.71. The van der Waals surface area contributed by atoms with E-state index in [0.717, 1.165) is 49.8 Å². The highest BCUT2D eigenvalue weighted by atomic mass is 16.5. The van der Waals surface area contributed by atoms with Gasteiger partial charge in [-0.25, -0.2) is 0 Å². The molecule has 1 aliphatic carbocycles. The lowest BCUT2D eigenvalue weighted by Gasteiger charge is -2.45. The highest BCUT2D eigenvalue weighted by Gasteiger charge is 2.44. The van der Waals surface area contributed by atoms with Gasteiger partial charge in [0.2, 0.25) is 5.75 Å². The van der Waals surface area contributed by atoms with E-state index in [4.69, 9.17) is 9.47 Å². The maximum Gasteiger partial charge on any atom is 0.201 e. The smallest absolute Gasteiger partial charge is 0.201 e. The van der Waals surface area contributed by atoms with Gasteiger partial charge in [-0.15, -0.1) is 0 Å². The first-order valence-corrected chi connectivity index (χ1v) is 15.9. The van der Waals surface area contributed by atoms with Gasteiger partial charge in [0.1, 0.15) is 5.75 Å². The zero-order valence-electron chi connectivity index (χ0n) is 26.1. The molecule has 0 spiro atoms. The van der Waals surface area contributed by atoms with Crippen LogP contribution in [0.3, 0.4) is 0 Å². The Balaban J connectivity index is 1.41. The van der Waals surface area contributed by atoms with E-state index >= 15 is 0 Å². The van der Waals surface area contributed by atoms with Crippen molar-refractivity contribution in [3.05, 3.63) is 70.0 Å². The SMILES string of the molecule is CNCC[C@H](C)CCc1cc([C@@H]2CC[C@H]3[C@H](C2)O[C@H](c2c(CO)c(O)c(O)c(OC)c2Cc2cc[nH]c2)C[C@@H]3O)ccc1O. The standard InChI is InChI=1S/C35H48N2O7/c1-20(10-12-36-2)4-5-24-15-22(7-9-28(24)39)23-6-8-25-29(40)17-31(44-30(25)16-23)32-26(14-21-11-13-37-18-21)35(43-3)34(42)33(41)27(32)19-38/h7,9,11,13,15,18,20,23,25,29-31,36-42H,4-6,8,10,12,14,16-17,19H2,1-3H3/t20-,23-,25-,29+,30+,31+/m1/s1. The maximum atomic E-state index is 11.4. The van der Waals surface area contributed by atoms with Crippen LogP contribution in [0.2, 0.25) is 0 Å². The molecule has 5 rings (SSSR count). The average Bonchev–Trinajstić information content (AvgIpc) is 3.54. The minimum atomic E-state index is -0.622. The van der Waals surface area contributed by atoms with E-state index in [1.165, 1.54) is 12.7 Å². The Bertz CT molecular complexity index is 1390. The first kappa shape index (κ1) is 32.2. The number of phenols is 3. The molecule has 1 aliphatic heterocycles. The predicted octanol–water partition coefficient (Wildman–Crippen LogP) is 5.18. The lowest BCUT2D eigenvalue weighted by molar-refractivity contribution is -0.154.